The van der Waals surface area contributed by atoms with E-state index in [1.165, 1.54) is 0 Å². The molecule has 2 nitrogen and oxygen atoms in total. The lowest BCUT2D eigenvalue weighted by molar-refractivity contribution is -0.105. The lowest BCUT2D eigenvalue weighted by atomic mass is 9.80. The number of carbonyl (C=O) groups is 1. The van der Waals surface area contributed by atoms with Crippen molar-refractivity contribution in [1.29, 1.82) is 5.41 Å². The maximum Gasteiger partial charge on any atom is 0.146 e. The zero-order valence-electron chi connectivity index (χ0n) is 12.8. The van der Waals surface area contributed by atoms with Crippen molar-refractivity contribution in [2.75, 3.05) is 0 Å². The molecule has 0 spiro atoms. The smallest absolute Gasteiger partial charge is 0.146 e. The molecule has 2 aliphatic carbocycles. The predicted molar refractivity (Wildman–Crippen MR) is 94.1 cm³/mol. The summed E-state index contributed by atoms with van der Waals surface area (Å²) < 4.78 is 14.3. The van der Waals surface area contributed by atoms with Crippen molar-refractivity contribution < 1.29 is 9.18 Å². The number of halogens is 3. The Morgan fingerprint density at radius 1 is 1.57 bits per heavy atom. The fraction of sp³-hybridized carbons (Fsp3) is 0.333. The van der Waals surface area contributed by atoms with Gasteiger partial charge in [-0.1, -0.05) is 43.3 Å². The highest BCUT2D eigenvalue weighted by Gasteiger charge is 2.31. The van der Waals surface area contributed by atoms with Crippen molar-refractivity contribution in [3.05, 3.63) is 58.2 Å². The summed E-state index contributed by atoms with van der Waals surface area (Å²) in [4.78, 5) is 11.0. The number of alkyl halides is 2. The Morgan fingerprint density at radius 2 is 2.26 bits per heavy atom. The molecule has 2 rings (SSSR count). The summed E-state index contributed by atoms with van der Waals surface area (Å²) in [7, 11) is 0. The van der Waals surface area contributed by atoms with Crippen LogP contribution < -0.4 is 0 Å². The highest BCUT2D eigenvalue weighted by atomic mass is 35.5. The summed E-state index contributed by atoms with van der Waals surface area (Å²) in [5, 5.41) is 8.23. The molecule has 122 valence electrons. The largest absolute Gasteiger partial charge is 0.304 e. The third-order valence-electron chi connectivity index (χ3n) is 4.18. The molecule has 2 aliphatic rings. The van der Waals surface area contributed by atoms with Gasteiger partial charge in [0.1, 0.15) is 12.5 Å². The second-order valence-corrected chi connectivity index (χ2v) is 6.50. The van der Waals surface area contributed by atoms with Gasteiger partial charge in [0, 0.05) is 29.5 Å². The van der Waals surface area contributed by atoms with Crippen LogP contribution in [0.2, 0.25) is 0 Å². The molecule has 0 aromatic rings. The molecule has 0 aromatic carbocycles. The van der Waals surface area contributed by atoms with Crippen molar-refractivity contribution >= 4 is 35.2 Å². The molecule has 0 saturated carbocycles. The fourth-order valence-electron chi connectivity index (χ4n) is 2.94. The van der Waals surface area contributed by atoms with E-state index in [9.17, 15) is 9.18 Å². The summed E-state index contributed by atoms with van der Waals surface area (Å²) in [5.41, 5.74) is 2.49. The molecule has 0 bridgehead atoms. The van der Waals surface area contributed by atoms with Crippen LogP contribution in [0.1, 0.15) is 19.8 Å². The number of allylic oxidation sites excluding steroid dienone is 9. The van der Waals surface area contributed by atoms with E-state index in [-0.39, 0.29) is 12.1 Å². The summed E-state index contributed by atoms with van der Waals surface area (Å²) in [6.07, 6.45) is 6.78. The summed E-state index contributed by atoms with van der Waals surface area (Å²) >= 11 is 12.5. The standard InChI is InChI=1S/C18H18Cl2FNO/c1-3-12-7-11(9-23)8-14(20)17(12)18(22)10(2)16-13(19)5-4-6-15(16)21/h3-5,8-10,14-15,22H,1,6-7H2,2H3. The summed E-state index contributed by atoms with van der Waals surface area (Å²) in [5.74, 6) is -0.500. The van der Waals surface area contributed by atoms with E-state index in [1.54, 1.807) is 31.2 Å². The van der Waals surface area contributed by atoms with E-state index in [1.807, 2.05) is 0 Å². The molecule has 3 unspecified atom stereocenters. The normalized spacial score (nSPS) is 26.0. The van der Waals surface area contributed by atoms with Gasteiger partial charge in [0.2, 0.25) is 0 Å². The van der Waals surface area contributed by atoms with Gasteiger partial charge in [-0.25, -0.2) is 4.39 Å². The number of aldehydes is 1. The van der Waals surface area contributed by atoms with Gasteiger partial charge in [0.05, 0.1) is 5.38 Å². The van der Waals surface area contributed by atoms with Crippen LogP contribution in [0.5, 0.6) is 0 Å². The fourth-order valence-corrected chi connectivity index (χ4v) is 3.73. The molecule has 0 heterocycles. The van der Waals surface area contributed by atoms with E-state index >= 15 is 0 Å². The van der Waals surface area contributed by atoms with Crippen LogP contribution >= 0.6 is 23.2 Å². The van der Waals surface area contributed by atoms with Gasteiger partial charge >= 0.3 is 0 Å². The highest BCUT2D eigenvalue weighted by Crippen LogP contribution is 2.36. The number of nitrogens with one attached hydrogen (secondary N) is 1. The molecule has 3 atom stereocenters. The quantitative estimate of drug-likeness (QED) is 0.419. The van der Waals surface area contributed by atoms with Gasteiger partial charge in [0.15, 0.2) is 0 Å². The second kappa shape index (κ2) is 7.41. The summed E-state index contributed by atoms with van der Waals surface area (Å²) in [6.45, 7) is 5.49. The molecule has 0 radical (unpaired) electrons. The Bertz CT molecular complexity index is 673. The zero-order chi connectivity index (χ0) is 17.1. The summed E-state index contributed by atoms with van der Waals surface area (Å²) in [6, 6.07) is 0. The SMILES string of the molecule is C=CC1=C(C(=N)C(C)C2=C(Cl)C=CCC2F)C(Cl)C=C(C=O)C1. The van der Waals surface area contributed by atoms with Gasteiger partial charge < -0.3 is 5.41 Å². The minimum absolute atomic E-state index is 0.215. The lowest BCUT2D eigenvalue weighted by Crippen LogP contribution is -2.27. The van der Waals surface area contributed by atoms with Crippen LogP contribution in [0, 0.1) is 11.3 Å². The van der Waals surface area contributed by atoms with E-state index < -0.39 is 17.5 Å². The molecular weight excluding hydrogens is 336 g/mol. The molecule has 0 saturated heterocycles. The first kappa shape index (κ1) is 17.9. The Kier molecular flexibility index (Phi) is 5.77. The van der Waals surface area contributed by atoms with E-state index in [4.69, 9.17) is 28.6 Å². The van der Waals surface area contributed by atoms with Gasteiger partial charge in [-0.3, -0.25) is 4.79 Å². The molecule has 1 N–H and O–H groups in total. The number of hydrogen-bond donors (Lipinski definition) is 1. The van der Waals surface area contributed by atoms with E-state index in [2.05, 4.69) is 6.58 Å². The third kappa shape index (κ3) is 3.56. The lowest BCUT2D eigenvalue weighted by Gasteiger charge is -2.28. The van der Waals surface area contributed by atoms with Crippen LogP contribution in [0.15, 0.2) is 58.2 Å². The Labute approximate surface area is 145 Å². The Morgan fingerprint density at radius 3 is 2.83 bits per heavy atom. The first-order valence-corrected chi connectivity index (χ1v) is 8.16. The second-order valence-electron chi connectivity index (χ2n) is 5.63. The van der Waals surface area contributed by atoms with Crippen LogP contribution in [0.4, 0.5) is 4.39 Å². The molecule has 0 fully saturated rings. The Balaban J connectivity index is 2.39. The Hall–Kier alpha value is -1.45. The maximum atomic E-state index is 14.3. The minimum Gasteiger partial charge on any atom is -0.304 e. The average molecular weight is 354 g/mol. The van der Waals surface area contributed by atoms with Crippen molar-refractivity contribution in [2.24, 2.45) is 5.92 Å². The van der Waals surface area contributed by atoms with Crippen molar-refractivity contribution in [2.45, 2.75) is 31.3 Å². The van der Waals surface area contributed by atoms with Gasteiger partial charge in [-0.2, -0.15) is 0 Å². The van der Waals surface area contributed by atoms with E-state index in [0.29, 0.717) is 28.2 Å². The number of hydrogen-bond acceptors (Lipinski definition) is 2. The molecule has 0 aliphatic heterocycles. The molecule has 23 heavy (non-hydrogen) atoms. The van der Waals surface area contributed by atoms with Crippen LogP contribution in [-0.4, -0.2) is 23.5 Å². The van der Waals surface area contributed by atoms with Crippen molar-refractivity contribution in [3.63, 3.8) is 0 Å². The monoisotopic (exact) mass is 353 g/mol. The first-order chi connectivity index (χ1) is 10.9. The van der Waals surface area contributed by atoms with E-state index in [0.717, 1.165) is 11.9 Å². The van der Waals surface area contributed by atoms with Gasteiger partial charge in [-0.15, -0.1) is 11.6 Å². The first-order valence-electron chi connectivity index (χ1n) is 7.35. The molecule has 0 amide bonds. The molecule has 5 heteroatoms. The topological polar surface area (TPSA) is 40.9 Å². The molecular formula is C18H18Cl2FNO. The minimum atomic E-state index is -1.20. The third-order valence-corrected chi connectivity index (χ3v) is 4.87. The number of rotatable bonds is 5. The average Bonchev–Trinajstić information content (AvgIpc) is 2.52. The van der Waals surface area contributed by atoms with Crippen LogP contribution in [-0.2, 0) is 4.79 Å². The zero-order valence-corrected chi connectivity index (χ0v) is 14.3. The van der Waals surface area contributed by atoms with Crippen molar-refractivity contribution in [1.82, 2.24) is 0 Å². The number of carbonyl (C=O) groups excluding carboxylic acids is 1. The highest BCUT2D eigenvalue weighted by molar-refractivity contribution is 6.32. The van der Waals surface area contributed by atoms with Crippen LogP contribution in [0.25, 0.3) is 0 Å². The van der Waals surface area contributed by atoms with Crippen molar-refractivity contribution in [3.8, 4) is 0 Å². The maximum absolute atomic E-state index is 14.3. The predicted octanol–water partition coefficient (Wildman–Crippen LogP) is 5.05. The van der Waals surface area contributed by atoms with Crippen LogP contribution in [0.3, 0.4) is 0 Å². The molecule has 0 aromatic heterocycles. The van der Waals surface area contributed by atoms with Gasteiger partial charge in [0.25, 0.3) is 0 Å². The van der Waals surface area contributed by atoms with Gasteiger partial charge in [-0.05, 0) is 28.4 Å².